The largest absolute Gasteiger partial charge is 0.504 e. The van der Waals surface area contributed by atoms with Crippen LogP contribution in [0.25, 0.3) is 11.4 Å². The van der Waals surface area contributed by atoms with Crippen LogP contribution >= 0.6 is 0 Å². The first kappa shape index (κ1) is 19.2. The van der Waals surface area contributed by atoms with Gasteiger partial charge in [-0.3, -0.25) is 4.90 Å². The van der Waals surface area contributed by atoms with Crippen LogP contribution in [0.2, 0.25) is 0 Å². The first-order valence-electron chi connectivity index (χ1n) is 9.06. The summed E-state index contributed by atoms with van der Waals surface area (Å²) < 4.78 is 38.2. The van der Waals surface area contributed by atoms with Crippen molar-refractivity contribution in [3.8, 4) is 22.9 Å². The number of halogens is 3. The summed E-state index contributed by atoms with van der Waals surface area (Å²) in [4.78, 5) is 11.0. The third-order valence-corrected chi connectivity index (χ3v) is 4.98. The van der Waals surface area contributed by atoms with E-state index in [1.165, 1.54) is 18.2 Å². The number of nitrogens with zero attached hydrogens (tertiary/aromatic N) is 3. The first-order valence-corrected chi connectivity index (χ1v) is 9.06. The number of hydrogen-bond acceptors (Lipinski definition) is 5. The van der Waals surface area contributed by atoms with Crippen LogP contribution < -0.4 is 0 Å². The van der Waals surface area contributed by atoms with Crippen molar-refractivity contribution < 1.29 is 23.4 Å². The van der Waals surface area contributed by atoms with Crippen LogP contribution in [0.15, 0.2) is 48.7 Å². The van der Waals surface area contributed by atoms with Crippen LogP contribution in [0, 0.1) is 0 Å². The third kappa shape index (κ3) is 4.02. The third-order valence-electron chi connectivity index (χ3n) is 4.98. The summed E-state index contributed by atoms with van der Waals surface area (Å²) in [5.74, 6) is 0.133. The summed E-state index contributed by atoms with van der Waals surface area (Å²) in [6, 6.07) is 9.69. The number of fused-ring (bicyclic) bond motifs is 1. The van der Waals surface area contributed by atoms with Crippen molar-refractivity contribution in [1.29, 1.82) is 0 Å². The average molecular weight is 401 g/mol. The molecule has 2 aromatic carbocycles. The molecule has 5 nitrogen and oxygen atoms in total. The van der Waals surface area contributed by atoms with Crippen molar-refractivity contribution in [1.82, 2.24) is 14.9 Å². The standard InChI is InChI=1S/C21H18F3N3O2/c22-21(23,24)16-6-4-13(5-7-16)20-25-10-15-12-27(9-8-17(15)26-20)11-14-2-1-3-18(28)19(14)29/h1-7,10,28-29H,8-9,11-12H2. The molecule has 0 unspecified atom stereocenters. The molecule has 1 aromatic heterocycles. The Morgan fingerprint density at radius 1 is 1.03 bits per heavy atom. The van der Waals surface area contributed by atoms with Gasteiger partial charge in [-0.1, -0.05) is 24.3 Å². The molecule has 150 valence electrons. The molecule has 4 rings (SSSR count). The van der Waals surface area contributed by atoms with E-state index < -0.39 is 11.7 Å². The normalized spacial score (nSPS) is 14.6. The Balaban J connectivity index is 1.50. The van der Waals surface area contributed by atoms with E-state index in [4.69, 9.17) is 0 Å². The molecule has 1 aliphatic heterocycles. The summed E-state index contributed by atoms with van der Waals surface area (Å²) in [6.45, 7) is 1.75. The highest BCUT2D eigenvalue weighted by Gasteiger charge is 2.30. The van der Waals surface area contributed by atoms with Gasteiger partial charge in [0.1, 0.15) is 0 Å². The van der Waals surface area contributed by atoms with E-state index in [0.717, 1.165) is 23.4 Å². The second-order valence-electron chi connectivity index (χ2n) is 6.99. The summed E-state index contributed by atoms with van der Waals surface area (Å²) in [7, 11) is 0. The highest BCUT2D eigenvalue weighted by atomic mass is 19.4. The van der Waals surface area contributed by atoms with Crippen LogP contribution in [-0.2, 0) is 25.7 Å². The topological polar surface area (TPSA) is 69.5 Å². The maximum absolute atomic E-state index is 12.7. The second kappa shape index (κ2) is 7.36. The molecule has 3 aromatic rings. The van der Waals surface area contributed by atoms with Crippen molar-refractivity contribution in [3.63, 3.8) is 0 Å². The average Bonchev–Trinajstić information content (AvgIpc) is 2.70. The highest BCUT2D eigenvalue weighted by molar-refractivity contribution is 5.56. The Bertz CT molecular complexity index is 1040. The summed E-state index contributed by atoms with van der Waals surface area (Å²) >= 11 is 0. The number of phenols is 2. The predicted octanol–water partition coefficient (Wildman–Crippen LogP) is 4.13. The number of benzene rings is 2. The molecule has 2 N–H and O–H groups in total. The zero-order valence-corrected chi connectivity index (χ0v) is 15.3. The van der Waals surface area contributed by atoms with Crippen molar-refractivity contribution in [2.75, 3.05) is 6.54 Å². The molecule has 0 atom stereocenters. The number of para-hydroxylation sites is 1. The molecule has 0 saturated heterocycles. The van der Waals surface area contributed by atoms with Crippen LogP contribution in [-0.4, -0.2) is 31.6 Å². The summed E-state index contributed by atoms with van der Waals surface area (Å²) in [5, 5.41) is 19.6. The smallest absolute Gasteiger partial charge is 0.416 e. The van der Waals surface area contributed by atoms with Gasteiger partial charge in [0.25, 0.3) is 0 Å². The Hall–Kier alpha value is -3.13. The molecular weight excluding hydrogens is 383 g/mol. The minimum Gasteiger partial charge on any atom is -0.504 e. The quantitative estimate of drug-likeness (QED) is 0.646. The number of alkyl halides is 3. The van der Waals surface area contributed by atoms with Crippen molar-refractivity contribution in [2.45, 2.75) is 25.7 Å². The molecule has 0 aliphatic carbocycles. The summed E-state index contributed by atoms with van der Waals surface area (Å²) in [6.07, 6.45) is -2.02. The van der Waals surface area contributed by atoms with Crippen molar-refractivity contribution in [2.24, 2.45) is 0 Å². The van der Waals surface area contributed by atoms with E-state index in [2.05, 4.69) is 14.9 Å². The van der Waals surface area contributed by atoms with Gasteiger partial charge in [-0.05, 0) is 18.2 Å². The number of phenolic OH excluding ortho intramolecular Hbond substituents is 2. The molecule has 1 aliphatic rings. The van der Waals surface area contributed by atoms with Gasteiger partial charge < -0.3 is 10.2 Å². The zero-order valence-electron chi connectivity index (χ0n) is 15.3. The van der Waals surface area contributed by atoms with Crippen LogP contribution in [0.5, 0.6) is 11.5 Å². The van der Waals surface area contributed by atoms with Gasteiger partial charge in [0.2, 0.25) is 0 Å². The Morgan fingerprint density at radius 2 is 1.79 bits per heavy atom. The van der Waals surface area contributed by atoms with E-state index >= 15 is 0 Å². The Kier molecular flexibility index (Phi) is 4.87. The van der Waals surface area contributed by atoms with Gasteiger partial charge in [0.05, 0.1) is 11.3 Å². The monoisotopic (exact) mass is 401 g/mol. The molecule has 8 heteroatoms. The van der Waals surface area contributed by atoms with Crippen LogP contribution in [0.4, 0.5) is 13.2 Å². The first-order chi connectivity index (χ1) is 13.8. The molecule has 2 heterocycles. The lowest BCUT2D eigenvalue weighted by atomic mass is 10.0. The fraction of sp³-hybridized carbons (Fsp3) is 0.238. The SMILES string of the molecule is Oc1cccc(CN2CCc3nc(-c4ccc(C(F)(F)F)cc4)ncc3C2)c1O. The minimum absolute atomic E-state index is 0.118. The molecule has 0 radical (unpaired) electrons. The van der Waals surface area contributed by atoms with Crippen LogP contribution in [0.1, 0.15) is 22.4 Å². The molecule has 0 amide bonds. The van der Waals surface area contributed by atoms with Gasteiger partial charge in [0.15, 0.2) is 17.3 Å². The van der Waals surface area contributed by atoms with Gasteiger partial charge in [0, 0.05) is 48.9 Å². The molecule has 0 fully saturated rings. The van der Waals surface area contributed by atoms with E-state index in [0.29, 0.717) is 43.0 Å². The molecule has 0 saturated carbocycles. The molecule has 0 spiro atoms. The van der Waals surface area contributed by atoms with E-state index in [1.54, 1.807) is 18.3 Å². The van der Waals surface area contributed by atoms with Gasteiger partial charge in [-0.25, -0.2) is 9.97 Å². The van der Waals surface area contributed by atoms with Gasteiger partial charge >= 0.3 is 6.18 Å². The second-order valence-corrected chi connectivity index (χ2v) is 6.99. The number of aromatic hydroxyl groups is 2. The lowest BCUT2D eigenvalue weighted by Gasteiger charge is -2.28. The maximum Gasteiger partial charge on any atom is 0.416 e. The number of aromatic nitrogens is 2. The summed E-state index contributed by atoms with van der Waals surface area (Å²) in [5.41, 5.74) is 2.27. The molecular formula is C21H18F3N3O2. The van der Waals surface area contributed by atoms with Crippen molar-refractivity contribution >= 4 is 0 Å². The van der Waals surface area contributed by atoms with E-state index in [-0.39, 0.29) is 11.5 Å². The van der Waals surface area contributed by atoms with Gasteiger partial charge in [-0.2, -0.15) is 13.2 Å². The predicted molar refractivity (Wildman–Crippen MR) is 100 cm³/mol. The molecule has 0 bridgehead atoms. The Labute approximate surface area is 165 Å². The molecule has 29 heavy (non-hydrogen) atoms. The van der Waals surface area contributed by atoms with Crippen molar-refractivity contribution in [3.05, 3.63) is 71.0 Å². The minimum atomic E-state index is -4.37. The number of hydrogen-bond donors (Lipinski definition) is 2. The zero-order chi connectivity index (χ0) is 20.6. The fourth-order valence-electron chi connectivity index (χ4n) is 3.40. The lowest BCUT2D eigenvalue weighted by molar-refractivity contribution is -0.137. The Morgan fingerprint density at radius 3 is 2.52 bits per heavy atom. The highest BCUT2D eigenvalue weighted by Crippen LogP contribution is 2.32. The van der Waals surface area contributed by atoms with E-state index in [1.807, 2.05) is 0 Å². The van der Waals surface area contributed by atoms with Gasteiger partial charge in [-0.15, -0.1) is 0 Å². The lowest BCUT2D eigenvalue weighted by Crippen LogP contribution is -2.31. The van der Waals surface area contributed by atoms with E-state index in [9.17, 15) is 23.4 Å². The van der Waals surface area contributed by atoms with Crippen LogP contribution in [0.3, 0.4) is 0 Å². The maximum atomic E-state index is 12.7. The number of rotatable bonds is 3. The fourth-order valence-corrected chi connectivity index (χ4v) is 3.40.